The molecule has 1 aromatic heterocycles. The maximum Gasteiger partial charge on any atom is 0.0327 e. The van der Waals surface area contributed by atoms with Crippen molar-refractivity contribution in [2.45, 2.75) is 40.8 Å². The summed E-state index contributed by atoms with van der Waals surface area (Å²) in [7, 11) is 0. The molecule has 0 aliphatic carbocycles. The largest absolute Gasteiger partial charge is 0.312 e. The summed E-state index contributed by atoms with van der Waals surface area (Å²) < 4.78 is 0. The zero-order valence-corrected chi connectivity index (χ0v) is 12.4. The lowest BCUT2D eigenvalue weighted by Gasteiger charge is -2.16. The Morgan fingerprint density at radius 2 is 1.82 bits per heavy atom. The first kappa shape index (κ1) is 14.7. The van der Waals surface area contributed by atoms with Gasteiger partial charge in [0.1, 0.15) is 0 Å². The van der Waals surface area contributed by atoms with E-state index >= 15 is 0 Å². The van der Waals surface area contributed by atoms with Crippen LogP contribution < -0.4 is 5.32 Å². The maximum atomic E-state index is 3.49. The lowest BCUT2D eigenvalue weighted by atomic mass is 10.2. The van der Waals surface area contributed by atoms with Gasteiger partial charge >= 0.3 is 0 Å². The molecule has 0 fully saturated rings. The molecule has 0 spiro atoms. The number of nitrogens with one attached hydrogen (secondary N) is 1. The highest BCUT2D eigenvalue weighted by atomic mass is 32.1. The Morgan fingerprint density at radius 1 is 1.18 bits per heavy atom. The average Bonchev–Trinajstić information content (AvgIpc) is 2.73. The normalized spacial score (nSPS) is 11.6. The third kappa shape index (κ3) is 5.66. The predicted molar refractivity (Wildman–Crippen MR) is 77.5 cm³/mol. The first-order valence-electron chi connectivity index (χ1n) is 6.66. The predicted octanol–water partition coefficient (Wildman–Crippen LogP) is 3.34. The van der Waals surface area contributed by atoms with Gasteiger partial charge in [0.2, 0.25) is 0 Å². The lowest BCUT2D eigenvalue weighted by Crippen LogP contribution is -2.21. The van der Waals surface area contributed by atoms with Crippen molar-refractivity contribution < 1.29 is 0 Å². The van der Waals surface area contributed by atoms with Crippen molar-refractivity contribution in [2.75, 3.05) is 19.6 Å². The highest BCUT2D eigenvalue weighted by molar-refractivity contribution is 7.11. The van der Waals surface area contributed by atoms with Crippen molar-refractivity contribution in [3.05, 3.63) is 21.9 Å². The summed E-state index contributed by atoms with van der Waals surface area (Å²) in [6.07, 6.45) is 0. The number of rotatable bonds is 8. The van der Waals surface area contributed by atoms with Crippen LogP contribution in [-0.4, -0.2) is 24.5 Å². The zero-order chi connectivity index (χ0) is 12.7. The molecule has 0 aliphatic rings. The van der Waals surface area contributed by atoms with Crippen LogP contribution in [0.3, 0.4) is 0 Å². The fourth-order valence-corrected chi connectivity index (χ4v) is 2.78. The summed E-state index contributed by atoms with van der Waals surface area (Å²) in [5.74, 6) is 0.727. The molecule has 1 rings (SSSR count). The van der Waals surface area contributed by atoms with Gasteiger partial charge in [0.15, 0.2) is 0 Å². The molecule has 0 saturated heterocycles. The van der Waals surface area contributed by atoms with Crippen molar-refractivity contribution in [2.24, 2.45) is 5.92 Å². The van der Waals surface area contributed by atoms with Gasteiger partial charge in [0.05, 0.1) is 0 Å². The molecule has 1 heterocycles. The quantitative estimate of drug-likeness (QED) is 0.765. The average molecular weight is 254 g/mol. The van der Waals surface area contributed by atoms with Gasteiger partial charge < -0.3 is 5.32 Å². The van der Waals surface area contributed by atoms with Crippen LogP contribution >= 0.6 is 11.3 Å². The molecule has 1 N–H and O–H groups in total. The molecule has 0 bridgehead atoms. The number of hydrogen-bond acceptors (Lipinski definition) is 3. The van der Waals surface area contributed by atoms with E-state index in [1.807, 2.05) is 11.3 Å². The molecule has 98 valence electrons. The van der Waals surface area contributed by atoms with Crippen molar-refractivity contribution in [3.63, 3.8) is 0 Å². The Balaban J connectivity index is 2.37. The van der Waals surface area contributed by atoms with Crippen molar-refractivity contribution in [1.82, 2.24) is 10.2 Å². The molecule has 0 amide bonds. The van der Waals surface area contributed by atoms with E-state index in [-0.39, 0.29) is 0 Å². The fourth-order valence-electron chi connectivity index (χ4n) is 1.75. The van der Waals surface area contributed by atoms with Gasteiger partial charge in [-0.2, -0.15) is 0 Å². The number of hydrogen-bond donors (Lipinski definition) is 1. The van der Waals surface area contributed by atoms with Gasteiger partial charge in [-0.25, -0.2) is 0 Å². The smallest absolute Gasteiger partial charge is 0.0327 e. The topological polar surface area (TPSA) is 15.3 Å². The van der Waals surface area contributed by atoms with Crippen LogP contribution in [0.5, 0.6) is 0 Å². The molecule has 1 aromatic rings. The van der Waals surface area contributed by atoms with Crippen molar-refractivity contribution in [1.29, 1.82) is 0 Å². The van der Waals surface area contributed by atoms with Crippen LogP contribution in [-0.2, 0) is 13.1 Å². The SMILES string of the molecule is CCN(CC)Cc1ccc(CNCC(C)C)s1. The number of nitrogens with zero attached hydrogens (tertiary/aromatic N) is 1. The molecule has 0 saturated carbocycles. The van der Waals surface area contributed by atoms with E-state index in [1.54, 1.807) is 0 Å². The Kier molecular flexibility index (Phi) is 6.78. The minimum absolute atomic E-state index is 0.727. The monoisotopic (exact) mass is 254 g/mol. The summed E-state index contributed by atoms with van der Waals surface area (Å²) in [4.78, 5) is 5.39. The lowest BCUT2D eigenvalue weighted by molar-refractivity contribution is 0.298. The second-order valence-corrected chi connectivity index (χ2v) is 6.11. The number of thiophene rings is 1. The van der Waals surface area contributed by atoms with Gasteiger partial charge in [0.25, 0.3) is 0 Å². The van der Waals surface area contributed by atoms with Crippen LogP contribution in [0.2, 0.25) is 0 Å². The van der Waals surface area contributed by atoms with Gasteiger partial charge in [-0.05, 0) is 37.7 Å². The summed E-state index contributed by atoms with van der Waals surface area (Å²) in [5.41, 5.74) is 0. The first-order valence-corrected chi connectivity index (χ1v) is 7.48. The molecule has 0 aliphatic heterocycles. The first-order chi connectivity index (χ1) is 8.15. The Morgan fingerprint density at radius 3 is 2.41 bits per heavy atom. The van der Waals surface area contributed by atoms with E-state index in [2.05, 4.69) is 50.0 Å². The second-order valence-electron chi connectivity index (χ2n) is 4.85. The molecular weight excluding hydrogens is 228 g/mol. The minimum atomic E-state index is 0.727. The fraction of sp³-hybridized carbons (Fsp3) is 0.714. The molecule has 0 aromatic carbocycles. The van der Waals surface area contributed by atoms with Crippen LogP contribution in [0.4, 0.5) is 0 Å². The molecule has 2 nitrogen and oxygen atoms in total. The van der Waals surface area contributed by atoms with E-state index in [0.717, 1.165) is 38.6 Å². The molecule has 0 atom stereocenters. The Hall–Kier alpha value is -0.380. The van der Waals surface area contributed by atoms with Crippen molar-refractivity contribution >= 4 is 11.3 Å². The Bertz CT molecular complexity index is 303. The zero-order valence-electron chi connectivity index (χ0n) is 11.6. The summed E-state index contributed by atoms with van der Waals surface area (Å²) in [6, 6.07) is 4.53. The van der Waals surface area contributed by atoms with Gasteiger partial charge in [0, 0.05) is 22.8 Å². The van der Waals surface area contributed by atoms with E-state index < -0.39 is 0 Å². The molecule has 17 heavy (non-hydrogen) atoms. The highest BCUT2D eigenvalue weighted by Gasteiger charge is 2.04. The molecule has 3 heteroatoms. The van der Waals surface area contributed by atoms with E-state index in [4.69, 9.17) is 0 Å². The van der Waals surface area contributed by atoms with Gasteiger partial charge in [-0.15, -0.1) is 11.3 Å². The van der Waals surface area contributed by atoms with E-state index in [9.17, 15) is 0 Å². The van der Waals surface area contributed by atoms with Gasteiger partial charge in [-0.3, -0.25) is 4.90 Å². The van der Waals surface area contributed by atoms with Crippen LogP contribution in [0.15, 0.2) is 12.1 Å². The third-order valence-corrected chi connectivity index (χ3v) is 3.91. The third-order valence-electron chi connectivity index (χ3n) is 2.84. The molecule has 0 radical (unpaired) electrons. The van der Waals surface area contributed by atoms with Gasteiger partial charge in [-0.1, -0.05) is 27.7 Å². The highest BCUT2D eigenvalue weighted by Crippen LogP contribution is 2.18. The minimum Gasteiger partial charge on any atom is -0.312 e. The van der Waals surface area contributed by atoms with E-state index in [1.165, 1.54) is 9.75 Å². The Labute approximate surface area is 110 Å². The standard InChI is InChI=1S/C14H26N2S/c1-5-16(6-2)11-14-8-7-13(17-14)10-15-9-12(3)4/h7-8,12,15H,5-6,9-11H2,1-4H3. The van der Waals surface area contributed by atoms with Crippen LogP contribution in [0.1, 0.15) is 37.4 Å². The summed E-state index contributed by atoms with van der Waals surface area (Å²) >= 11 is 1.94. The second kappa shape index (κ2) is 7.85. The molecule has 0 unspecified atom stereocenters. The van der Waals surface area contributed by atoms with E-state index in [0.29, 0.717) is 0 Å². The summed E-state index contributed by atoms with van der Waals surface area (Å²) in [5, 5.41) is 3.49. The molecular formula is C14H26N2S. The summed E-state index contributed by atoms with van der Waals surface area (Å²) in [6.45, 7) is 14.4. The van der Waals surface area contributed by atoms with Crippen molar-refractivity contribution in [3.8, 4) is 0 Å². The van der Waals surface area contributed by atoms with Crippen LogP contribution in [0, 0.1) is 5.92 Å². The maximum absolute atomic E-state index is 3.49. The van der Waals surface area contributed by atoms with Crippen LogP contribution in [0.25, 0.3) is 0 Å².